The Morgan fingerprint density at radius 3 is 1.26 bits per heavy atom. The van der Waals surface area contributed by atoms with Crippen LogP contribution in [0, 0.1) is 0 Å². The second kappa shape index (κ2) is 12.9. The van der Waals surface area contributed by atoms with Crippen LogP contribution in [-0.2, 0) is 19.2 Å². The first-order chi connectivity index (χ1) is 16.8. The number of amides is 4. The summed E-state index contributed by atoms with van der Waals surface area (Å²) in [6, 6.07) is 13.6. The summed E-state index contributed by atoms with van der Waals surface area (Å²) < 4.78 is 1.25. The number of rotatable bonds is 10. The number of nitrogens with zero attached hydrogens (tertiary/aromatic N) is 2. The van der Waals surface area contributed by atoms with Crippen molar-refractivity contribution in [2.24, 2.45) is 0 Å². The van der Waals surface area contributed by atoms with Crippen molar-refractivity contribution in [2.45, 2.75) is 22.5 Å². The van der Waals surface area contributed by atoms with Crippen molar-refractivity contribution in [3.8, 4) is 0 Å². The number of benzene rings is 2. The topological polar surface area (TPSA) is 142 Å². The van der Waals surface area contributed by atoms with Crippen LogP contribution in [0.2, 0.25) is 0 Å². The van der Waals surface area contributed by atoms with Gasteiger partial charge in [0, 0.05) is 36.6 Å². The van der Waals surface area contributed by atoms with Gasteiger partial charge in [0.25, 0.3) is 0 Å². The Morgan fingerprint density at radius 1 is 0.629 bits per heavy atom. The van der Waals surface area contributed by atoms with E-state index in [2.05, 4.69) is 31.5 Å². The molecule has 0 saturated carbocycles. The van der Waals surface area contributed by atoms with Gasteiger partial charge in [0.05, 0.1) is 11.5 Å². The van der Waals surface area contributed by atoms with Crippen molar-refractivity contribution in [1.29, 1.82) is 0 Å². The van der Waals surface area contributed by atoms with E-state index in [1.807, 2.05) is 0 Å². The smallest absolute Gasteiger partial charge is 0.234 e. The highest BCUT2D eigenvalue weighted by atomic mass is 32.2. The monoisotopic (exact) mass is 530 g/mol. The summed E-state index contributed by atoms with van der Waals surface area (Å²) in [6.45, 7) is 2.85. The van der Waals surface area contributed by atoms with Gasteiger partial charge in [0.2, 0.25) is 23.6 Å². The molecule has 0 bridgehead atoms. The van der Waals surface area contributed by atoms with Crippen LogP contribution >= 0.6 is 34.9 Å². The minimum atomic E-state index is -0.199. The van der Waals surface area contributed by atoms with Gasteiger partial charge in [0.1, 0.15) is 0 Å². The number of aromatic nitrogens is 2. The van der Waals surface area contributed by atoms with Gasteiger partial charge in [-0.25, -0.2) is 0 Å². The van der Waals surface area contributed by atoms with Crippen LogP contribution < -0.4 is 21.3 Å². The molecule has 3 rings (SSSR count). The van der Waals surface area contributed by atoms with Gasteiger partial charge in [-0.3, -0.25) is 19.2 Å². The summed E-state index contributed by atoms with van der Waals surface area (Å²) in [5.41, 5.74) is 2.54. The molecule has 35 heavy (non-hydrogen) atoms. The van der Waals surface area contributed by atoms with Crippen molar-refractivity contribution < 1.29 is 19.2 Å². The molecular weight excluding hydrogens is 508 g/mol. The van der Waals surface area contributed by atoms with Gasteiger partial charge in [-0.2, -0.15) is 0 Å². The molecule has 0 atom stereocenters. The van der Waals surface area contributed by atoms with E-state index < -0.39 is 0 Å². The second-order valence-electron chi connectivity index (χ2n) is 7.02. The van der Waals surface area contributed by atoms with Crippen molar-refractivity contribution in [2.75, 3.05) is 32.8 Å². The zero-order valence-corrected chi connectivity index (χ0v) is 21.2. The average Bonchev–Trinajstić information content (AvgIpc) is 3.26. The molecule has 10 nitrogen and oxygen atoms in total. The summed E-state index contributed by atoms with van der Waals surface area (Å²) in [6.07, 6.45) is 0. The van der Waals surface area contributed by atoms with E-state index >= 15 is 0 Å². The maximum atomic E-state index is 12.2. The largest absolute Gasteiger partial charge is 0.326 e. The second-order valence-corrected chi connectivity index (χ2v) is 10.4. The van der Waals surface area contributed by atoms with Crippen LogP contribution in [0.1, 0.15) is 13.8 Å². The third kappa shape index (κ3) is 9.39. The fourth-order valence-corrected chi connectivity index (χ4v) is 5.26. The molecule has 1 aromatic heterocycles. The number of hydrogen-bond donors (Lipinski definition) is 4. The van der Waals surface area contributed by atoms with E-state index in [4.69, 9.17) is 0 Å². The molecule has 0 aliphatic carbocycles. The Kier molecular flexibility index (Phi) is 9.64. The fourth-order valence-electron chi connectivity index (χ4n) is 2.64. The predicted octanol–water partition coefficient (Wildman–Crippen LogP) is 3.92. The average molecular weight is 531 g/mol. The highest BCUT2D eigenvalue weighted by Gasteiger charge is 2.11. The number of carbonyl (C=O) groups is 4. The van der Waals surface area contributed by atoms with Crippen LogP contribution in [0.5, 0.6) is 0 Å². The molecule has 182 valence electrons. The van der Waals surface area contributed by atoms with Crippen molar-refractivity contribution in [3.05, 3.63) is 48.5 Å². The third-order valence-corrected chi connectivity index (χ3v) is 7.21. The number of carbonyl (C=O) groups excluding carboxylic acids is 4. The molecule has 0 fully saturated rings. The Morgan fingerprint density at radius 2 is 0.943 bits per heavy atom. The van der Waals surface area contributed by atoms with Gasteiger partial charge in [-0.1, -0.05) is 34.9 Å². The standard InChI is InChI=1S/C22H22N6O4S3/c1-13(29)23-15-3-7-17(8-4-15)25-19(31)11-33-21-27-28-22(35-21)34-12-20(32)26-18-9-5-16(6-10-18)24-14(2)30/h3-10H,11-12H2,1-2H3,(H,23,29)(H,24,30)(H,25,31)(H,26,32). The van der Waals surface area contributed by atoms with Crippen LogP contribution in [-0.4, -0.2) is 45.3 Å². The van der Waals surface area contributed by atoms with Crippen LogP contribution in [0.25, 0.3) is 0 Å². The molecule has 0 saturated heterocycles. The lowest BCUT2D eigenvalue weighted by Gasteiger charge is -2.06. The number of anilines is 4. The van der Waals surface area contributed by atoms with E-state index in [-0.39, 0.29) is 35.1 Å². The first-order valence-corrected chi connectivity index (χ1v) is 13.0. The van der Waals surface area contributed by atoms with E-state index in [0.717, 1.165) is 0 Å². The number of nitrogens with one attached hydrogen (secondary N) is 4. The molecular formula is C22H22N6O4S3. The molecule has 0 aliphatic heterocycles. The summed E-state index contributed by atoms with van der Waals surface area (Å²) in [4.78, 5) is 46.5. The molecule has 4 N–H and O–H groups in total. The number of thioether (sulfide) groups is 2. The highest BCUT2D eigenvalue weighted by molar-refractivity contribution is 8.03. The van der Waals surface area contributed by atoms with Gasteiger partial charge in [0.15, 0.2) is 8.68 Å². The molecule has 2 aromatic carbocycles. The Bertz CT molecular complexity index is 1110. The van der Waals surface area contributed by atoms with Crippen molar-refractivity contribution in [1.82, 2.24) is 10.2 Å². The van der Waals surface area contributed by atoms with E-state index in [1.165, 1.54) is 48.7 Å². The summed E-state index contributed by atoms with van der Waals surface area (Å²) in [5, 5.41) is 19.0. The lowest BCUT2D eigenvalue weighted by atomic mass is 10.3. The third-order valence-electron chi connectivity index (χ3n) is 4.02. The maximum Gasteiger partial charge on any atom is 0.234 e. The molecule has 0 radical (unpaired) electrons. The van der Waals surface area contributed by atoms with Gasteiger partial charge < -0.3 is 21.3 Å². The molecule has 3 aromatic rings. The van der Waals surface area contributed by atoms with Gasteiger partial charge in [-0.15, -0.1) is 10.2 Å². The number of hydrogen-bond acceptors (Lipinski definition) is 9. The normalized spacial score (nSPS) is 10.3. The molecule has 0 spiro atoms. The lowest BCUT2D eigenvalue weighted by Crippen LogP contribution is -2.14. The Balaban J connectivity index is 1.39. The zero-order valence-electron chi connectivity index (χ0n) is 18.8. The predicted molar refractivity (Wildman–Crippen MR) is 140 cm³/mol. The summed E-state index contributed by atoms with van der Waals surface area (Å²) in [5.74, 6) is -0.416. The van der Waals surface area contributed by atoms with Crippen LogP contribution in [0.3, 0.4) is 0 Å². The van der Waals surface area contributed by atoms with E-state index in [1.54, 1.807) is 48.5 Å². The SMILES string of the molecule is CC(=O)Nc1ccc(NC(=O)CSc2nnc(SCC(=O)Nc3ccc(NC(C)=O)cc3)s2)cc1. The minimum absolute atomic E-state index is 0.154. The first-order valence-electron chi connectivity index (χ1n) is 10.2. The summed E-state index contributed by atoms with van der Waals surface area (Å²) in [7, 11) is 0. The summed E-state index contributed by atoms with van der Waals surface area (Å²) >= 11 is 3.82. The minimum Gasteiger partial charge on any atom is -0.326 e. The zero-order chi connectivity index (χ0) is 25.2. The maximum absolute atomic E-state index is 12.2. The molecule has 4 amide bonds. The van der Waals surface area contributed by atoms with Crippen molar-refractivity contribution in [3.63, 3.8) is 0 Å². The van der Waals surface area contributed by atoms with Crippen LogP contribution in [0.4, 0.5) is 22.7 Å². The van der Waals surface area contributed by atoms with Gasteiger partial charge in [-0.05, 0) is 48.5 Å². The molecule has 13 heteroatoms. The van der Waals surface area contributed by atoms with E-state index in [9.17, 15) is 19.2 Å². The Labute approximate surface area is 214 Å². The molecule has 0 aliphatic rings. The van der Waals surface area contributed by atoms with E-state index in [0.29, 0.717) is 31.4 Å². The Hall–Kier alpha value is -3.42. The first kappa shape index (κ1) is 26.2. The van der Waals surface area contributed by atoms with Gasteiger partial charge >= 0.3 is 0 Å². The highest BCUT2D eigenvalue weighted by Crippen LogP contribution is 2.29. The lowest BCUT2D eigenvalue weighted by molar-refractivity contribution is -0.115. The fraction of sp³-hybridized carbons (Fsp3) is 0.182. The van der Waals surface area contributed by atoms with Crippen molar-refractivity contribution >= 4 is 81.2 Å². The molecule has 0 unspecified atom stereocenters. The van der Waals surface area contributed by atoms with Crippen LogP contribution in [0.15, 0.2) is 57.2 Å². The quantitative estimate of drug-likeness (QED) is 0.289. The molecule has 1 heterocycles.